The lowest BCUT2D eigenvalue weighted by Crippen LogP contribution is -2.20. The van der Waals surface area contributed by atoms with Gasteiger partial charge in [0.1, 0.15) is 16.5 Å². The highest BCUT2D eigenvalue weighted by atomic mass is 35.5. The number of anilines is 1. The topological polar surface area (TPSA) is 117 Å². The van der Waals surface area contributed by atoms with E-state index in [0.717, 1.165) is 12.1 Å². The molecule has 29 heavy (non-hydrogen) atoms. The fraction of sp³-hybridized carbons (Fsp3) is 0.158. The number of carbonyl (C=O) groups excluding carboxylic acids is 2. The lowest BCUT2D eigenvalue weighted by molar-refractivity contribution is -0.384. The molecule has 9 nitrogen and oxygen atoms in total. The summed E-state index contributed by atoms with van der Waals surface area (Å²) in [5.41, 5.74) is 0.418. The average molecular weight is 421 g/mol. The molecule has 1 N–H and O–H groups in total. The van der Waals surface area contributed by atoms with E-state index in [2.05, 4.69) is 5.32 Å². The number of benzene rings is 2. The summed E-state index contributed by atoms with van der Waals surface area (Å²) in [4.78, 5) is 33.9. The fourth-order valence-corrected chi connectivity index (χ4v) is 2.41. The van der Waals surface area contributed by atoms with E-state index in [9.17, 15) is 19.7 Å². The van der Waals surface area contributed by atoms with E-state index in [1.807, 2.05) is 0 Å². The maximum absolute atomic E-state index is 11.9. The molecule has 152 valence electrons. The number of methoxy groups -OCH3 is 2. The molecule has 2 rings (SSSR count). The van der Waals surface area contributed by atoms with Gasteiger partial charge in [-0.2, -0.15) is 0 Å². The van der Waals surface area contributed by atoms with E-state index >= 15 is 0 Å². The highest BCUT2D eigenvalue weighted by molar-refractivity contribution is 6.32. The van der Waals surface area contributed by atoms with Crippen LogP contribution < -0.4 is 14.8 Å². The van der Waals surface area contributed by atoms with Gasteiger partial charge in [-0.05, 0) is 30.3 Å². The first-order valence-electron chi connectivity index (χ1n) is 8.14. The number of esters is 1. The minimum Gasteiger partial charge on any atom is -0.497 e. The van der Waals surface area contributed by atoms with Gasteiger partial charge in [-0.25, -0.2) is 4.79 Å². The van der Waals surface area contributed by atoms with Crippen LogP contribution in [0.5, 0.6) is 11.5 Å². The standard InChI is InChI=1S/C19H17ClN2O7/c1-27-14-6-3-12(17(10-14)28-2)4-8-19(24)29-11-18(23)21-13-5-7-15(20)16(9-13)22(25)26/h3-10H,11H2,1-2H3,(H,21,23). The maximum atomic E-state index is 11.9. The van der Waals surface area contributed by atoms with Crippen molar-refractivity contribution < 1.29 is 28.7 Å². The van der Waals surface area contributed by atoms with E-state index in [-0.39, 0.29) is 16.4 Å². The van der Waals surface area contributed by atoms with Crippen LogP contribution in [0.2, 0.25) is 5.02 Å². The third-order valence-corrected chi connectivity index (χ3v) is 3.93. The van der Waals surface area contributed by atoms with Crippen molar-refractivity contribution in [1.29, 1.82) is 0 Å². The highest BCUT2D eigenvalue weighted by Gasteiger charge is 2.14. The number of nitrogens with one attached hydrogen (secondary N) is 1. The number of nitrogens with zero attached hydrogens (tertiary/aromatic N) is 1. The van der Waals surface area contributed by atoms with Gasteiger partial charge in [0.2, 0.25) is 0 Å². The number of halogens is 1. The number of nitro groups is 1. The minimum absolute atomic E-state index is 0.0569. The second-order valence-electron chi connectivity index (χ2n) is 5.52. The number of hydrogen-bond donors (Lipinski definition) is 1. The first-order valence-corrected chi connectivity index (χ1v) is 8.52. The molecule has 0 aliphatic heterocycles. The lowest BCUT2D eigenvalue weighted by atomic mass is 10.2. The summed E-state index contributed by atoms with van der Waals surface area (Å²) in [7, 11) is 3.00. The third-order valence-electron chi connectivity index (χ3n) is 3.61. The molecule has 0 atom stereocenters. The van der Waals surface area contributed by atoms with Gasteiger partial charge in [0.25, 0.3) is 11.6 Å². The van der Waals surface area contributed by atoms with Crippen LogP contribution in [0.4, 0.5) is 11.4 Å². The second kappa shape index (κ2) is 10.1. The highest BCUT2D eigenvalue weighted by Crippen LogP contribution is 2.27. The normalized spacial score (nSPS) is 10.4. The number of carbonyl (C=O) groups is 2. The Kier molecular flexibility index (Phi) is 7.55. The molecule has 0 aliphatic rings. The van der Waals surface area contributed by atoms with Crippen LogP contribution in [0.3, 0.4) is 0 Å². The monoisotopic (exact) mass is 420 g/mol. The Morgan fingerprint density at radius 2 is 1.93 bits per heavy atom. The number of nitro benzene ring substituents is 1. The summed E-state index contributed by atoms with van der Waals surface area (Å²) in [6, 6.07) is 8.84. The quantitative estimate of drug-likeness (QED) is 0.301. The van der Waals surface area contributed by atoms with Gasteiger partial charge in [-0.15, -0.1) is 0 Å². The maximum Gasteiger partial charge on any atom is 0.331 e. The van der Waals surface area contributed by atoms with Crippen molar-refractivity contribution in [2.75, 3.05) is 26.1 Å². The predicted molar refractivity (Wildman–Crippen MR) is 106 cm³/mol. The van der Waals surface area contributed by atoms with Crippen molar-refractivity contribution >= 4 is 40.9 Å². The number of hydrogen-bond acceptors (Lipinski definition) is 7. The van der Waals surface area contributed by atoms with Crippen molar-refractivity contribution in [2.45, 2.75) is 0 Å². The smallest absolute Gasteiger partial charge is 0.331 e. The summed E-state index contributed by atoms with van der Waals surface area (Å²) in [5.74, 6) is -0.318. The van der Waals surface area contributed by atoms with Crippen LogP contribution in [-0.2, 0) is 14.3 Å². The molecule has 2 aromatic rings. The van der Waals surface area contributed by atoms with Crippen molar-refractivity contribution in [1.82, 2.24) is 0 Å². The van der Waals surface area contributed by atoms with Gasteiger partial charge >= 0.3 is 5.97 Å². The molecule has 0 spiro atoms. The van der Waals surface area contributed by atoms with E-state index in [0.29, 0.717) is 17.1 Å². The van der Waals surface area contributed by atoms with Crippen molar-refractivity contribution in [2.24, 2.45) is 0 Å². The molecule has 0 aromatic heterocycles. The third kappa shape index (κ3) is 6.22. The molecule has 2 aromatic carbocycles. The number of rotatable bonds is 8. The van der Waals surface area contributed by atoms with Crippen molar-refractivity contribution in [3.8, 4) is 11.5 Å². The first kappa shape index (κ1) is 21.7. The van der Waals surface area contributed by atoms with E-state index in [1.54, 1.807) is 18.2 Å². The molecule has 0 saturated heterocycles. The Labute approximate surface area is 171 Å². The zero-order valence-electron chi connectivity index (χ0n) is 15.5. The molecule has 0 unspecified atom stereocenters. The zero-order valence-corrected chi connectivity index (χ0v) is 16.3. The summed E-state index contributed by atoms with van der Waals surface area (Å²) < 4.78 is 15.2. The van der Waals surface area contributed by atoms with Crippen LogP contribution in [0.25, 0.3) is 6.08 Å². The van der Waals surface area contributed by atoms with E-state index in [4.69, 9.17) is 25.8 Å². The zero-order chi connectivity index (χ0) is 21.4. The average Bonchev–Trinajstić information content (AvgIpc) is 2.71. The Balaban J connectivity index is 1.92. The molecular weight excluding hydrogens is 404 g/mol. The molecule has 0 aliphatic carbocycles. The van der Waals surface area contributed by atoms with Gasteiger partial charge < -0.3 is 19.5 Å². The lowest BCUT2D eigenvalue weighted by Gasteiger charge is -2.07. The first-order chi connectivity index (χ1) is 13.8. The molecule has 0 saturated carbocycles. The van der Waals surface area contributed by atoms with Crippen molar-refractivity contribution in [3.63, 3.8) is 0 Å². The second-order valence-corrected chi connectivity index (χ2v) is 5.93. The largest absolute Gasteiger partial charge is 0.497 e. The molecule has 0 heterocycles. The fourth-order valence-electron chi connectivity index (χ4n) is 2.23. The molecule has 0 bridgehead atoms. The van der Waals surface area contributed by atoms with Crippen LogP contribution in [0.15, 0.2) is 42.5 Å². The van der Waals surface area contributed by atoms with Gasteiger partial charge in [-0.3, -0.25) is 14.9 Å². The molecule has 10 heteroatoms. The molecule has 0 fully saturated rings. The van der Waals surface area contributed by atoms with E-state index < -0.39 is 23.4 Å². The molecule has 1 amide bonds. The summed E-state index contributed by atoms with van der Waals surface area (Å²) >= 11 is 5.71. The minimum atomic E-state index is -0.750. The van der Waals surface area contributed by atoms with Gasteiger partial charge in [0.15, 0.2) is 6.61 Å². The van der Waals surface area contributed by atoms with Crippen LogP contribution in [-0.4, -0.2) is 37.6 Å². The Morgan fingerprint density at radius 1 is 1.17 bits per heavy atom. The Bertz CT molecular complexity index is 960. The summed E-state index contributed by atoms with van der Waals surface area (Å²) in [5, 5.41) is 13.2. The number of amides is 1. The summed E-state index contributed by atoms with van der Waals surface area (Å²) in [6.07, 6.45) is 2.62. The van der Waals surface area contributed by atoms with Crippen LogP contribution in [0, 0.1) is 10.1 Å². The van der Waals surface area contributed by atoms with Crippen molar-refractivity contribution in [3.05, 3.63) is 63.2 Å². The molecule has 0 radical (unpaired) electrons. The van der Waals surface area contributed by atoms with Gasteiger partial charge in [-0.1, -0.05) is 11.6 Å². The molecular formula is C19H17ClN2O7. The SMILES string of the molecule is COc1ccc(C=CC(=O)OCC(=O)Nc2ccc(Cl)c([N+](=O)[O-])c2)c(OC)c1. The van der Waals surface area contributed by atoms with Crippen LogP contribution in [0.1, 0.15) is 5.56 Å². The predicted octanol–water partition coefficient (Wildman–Crippen LogP) is 3.46. The Morgan fingerprint density at radius 3 is 2.59 bits per heavy atom. The van der Waals surface area contributed by atoms with Gasteiger partial charge in [0, 0.05) is 29.5 Å². The van der Waals surface area contributed by atoms with Crippen LogP contribution >= 0.6 is 11.6 Å². The number of ether oxygens (including phenoxy) is 3. The summed E-state index contributed by atoms with van der Waals surface area (Å²) in [6.45, 7) is -0.570. The van der Waals surface area contributed by atoms with Gasteiger partial charge in [0.05, 0.1) is 19.1 Å². The van der Waals surface area contributed by atoms with E-state index in [1.165, 1.54) is 32.4 Å². The Hall–Kier alpha value is -3.59.